The molecule has 15 heavy (non-hydrogen) atoms. The van der Waals surface area contributed by atoms with E-state index in [1.54, 1.807) is 4.88 Å². The zero-order chi connectivity index (χ0) is 10.5. The van der Waals surface area contributed by atoms with Gasteiger partial charge in [-0.15, -0.1) is 11.3 Å². The van der Waals surface area contributed by atoms with E-state index in [4.69, 9.17) is 4.98 Å². The predicted octanol–water partition coefficient (Wildman–Crippen LogP) is 2.91. The van der Waals surface area contributed by atoms with E-state index in [1.165, 1.54) is 49.2 Å². The van der Waals surface area contributed by atoms with Gasteiger partial charge in [-0.2, -0.15) is 0 Å². The largest absolute Gasteiger partial charge is 0.311 e. The molecule has 0 unspecified atom stereocenters. The van der Waals surface area contributed by atoms with Crippen molar-refractivity contribution in [2.45, 2.75) is 52.0 Å². The Kier molecular flexibility index (Phi) is 4.15. The van der Waals surface area contributed by atoms with Crippen LogP contribution in [0.15, 0.2) is 0 Å². The molecular weight excluding hydrogens is 204 g/mol. The lowest BCUT2D eigenvalue weighted by Gasteiger charge is -2.06. The number of nitrogens with zero attached hydrogens (tertiary/aromatic N) is 1. The van der Waals surface area contributed by atoms with Crippen LogP contribution in [-0.2, 0) is 19.4 Å². The molecule has 0 bridgehead atoms. The van der Waals surface area contributed by atoms with E-state index < -0.39 is 0 Å². The highest BCUT2D eigenvalue weighted by molar-refractivity contribution is 7.11. The van der Waals surface area contributed by atoms with Gasteiger partial charge in [-0.1, -0.05) is 19.8 Å². The van der Waals surface area contributed by atoms with Crippen molar-refractivity contribution in [1.29, 1.82) is 0 Å². The number of hydrogen-bond donors (Lipinski definition) is 1. The van der Waals surface area contributed by atoms with Crippen LogP contribution in [-0.4, -0.2) is 11.5 Å². The van der Waals surface area contributed by atoms with E-state index in [0.29, 0.717) is 0 Å². The summed E-state index contributed by atoms with van der Waals surface area (Å²) in [5, 5.41) is 4.63. The van der Waals surface area contributed by atoms with Crippen LogP contribution in [0.4, 0.5) is 0 Å². The minimum absolute atomic E-state index is 0.953. The van der Waals surface area contributed by atoms with Crippen LogP contribution < -0.4 is 5.32 Å². The zero-order valence-electron chi connectivity index (χ0n) is 9.51. The van der Waals surface area contributed by atoms with Crippen molar-refractivity contribution >= 4 is 11.3 Å². The number of nitrogens with one attached hydrogen (secondary N) is 1. The number of hydrogen-bond acceptors (Lipinski definition) is 3. The summed E-state index contributed by atoms with van der Waals surface area (Å²) in [4.78, 5) is 6.30. The van der Waals surface area contributed by atoms with Gasteiger partial charge in [0.1, 0.15) is 5.01 Å². The Morgan fingerprint density at radius 2 is 2.00 bits per heavy atom. The van der Waals surface area contributed by atoms with Gasteiger partial charge in [0.05, 0.1) is 5.69 Å². The molecule has 1 N–H and O–H groups in total. The summed E-state index contributed by atoms with van der Waals surface area (Å²) < 4.78 is 0. The molecule has 1 heterocycles. The molecule has 0 saturated carbocycles. The molecule has 3 heteroatoms. The molecule has 84 valence electrons. The molecule has 0 atom stereocenters. The first-order valence-corrected chi connectivity index (χ1v) is 6.90. The summed E-state index contributed by atoms with van der Waals surface area (Å²) in [5.41, 5.74) is 1.40. The van der Waals surface area contributed by atoms with Crippen LogP contribution in [0.5, 0.6) is 0 Å². The highest BCUT2D eigenvalue weighted by Gasteiger charge is 2.12. The van der Waals surface area contributed by atoms with E-state index in [0.717, 1.165) is 13.1 Å². The summed E-state index contributed by atoms with van der Waals surface area (Å²) >= 11 is 1.92. The number of aromatic nitrogens is 1. The van der Waals surface area contributed by atoms with Crippen LogP contribution in [0.2, 0.25) is 0 Å². The van der Waals surface area contributed by atoms with Gasteiger partial charge in [-0.3, -0.25) is 0 Å². The predicted molar refractivity (Wildman–Crippen MR) is 65.4 cm³/mol. The lowest BCUT2D eigenvalue weighted by Crippen LogP contribution is -2.11. The molecule has 1 aliphatic carbocycles. The first-order chi connectivity index (χ1) is 7.40. The first-order valence-electron chi connectivity index (χ1n) is 6.08. The van der Waals surface area contributed by atoms with Gasteiger partial charge in [-0.05, 0) is 32.2 Å². The van der Waals surface area contributed by atoms with E-state index >= 15 is 0 Å². The van der Waals surface area contributed by atoms with Crippen molar-refractivity contribution in [3.8, 4) is 0 Å². The Morgan fingerprint density at radius 1 is 1.20 bits per heavy atom. The second-order valence-electron chi connectivity index (χ2n) is 4.17. The smallest absolute Gasteiger partial charge is 0.107 e. The fraction of sp³-hybridized carbons (Fsp3) is 0.750. The Morgan fingerprint density at radius 3 is 2.80 bits per heavy atom. The molecule has 0 fully saturated rings. The highest BCUT2D eigenvalue weighted by Crippen LogP contribution is 2.25. The third-order valence-electron chi connectivity index (χ3n) is 2.92. The van der Waals surface area contributed by atoms with Crippen LogP contribution in [0, 0.1) is 0 Å². The van der Waals surface area contributed by atoms with Gasteiger partial charge < -0.3 is 5.32 Å². The van der Waals surface area contributed by atoms with Gasteiger partial charge in [0.2, 0.25) is 0 Å². The third-order valence-corrected chi connectivity index (χ3v) is 4.07. The van der Waals surface area contributed by atoms with Crippen molar-refractivity contribution in [1.82, 2.24) is 10.3 Å². The third kappa shape index (κ3) is 3.02. The molecule has 0 radical (unpaired) electrons. The lowest BCUT2D eigenvalue weighted by molar-refractivity contribution is 0.614. The zero-order valence-corrected chi connectivity index (χ0v) is 10.3. The minimum Gasteiger partial charge on any atom is -0.311 e. The van der Waals surface area contributed by atoms with Crippen molar-refractivity contribution in [2.24, 2.45) is 0 Å². The number of fused-ring (bicyclic) bond motifs is 1. The molecule has 1 aromatic heterocycles. The summed E-state index contributed by atoms with van der Waals surface area (Å²) in [7, 11) is 0. The topological polar surface area (TPSA) is 24.9 Å². The SMILES string of the molecule is CCNCc1nc2c(s1)CCCCCC2. The molecular formula is C12H20N2S. The van der Waals surface area contributed by atoms with E-state index in [9.17, 15) is 0 Å². The quantitative estimate of drug-likeness (QED) is 0.854. The van der Waals surface area contributed by atoms with Gasteiger partial charge >= 0.3 is 0 Å². The van der Waals surface area contributed by atoms with Crippen molar-refractivity contribution in [2.75, 3.05) is 6.54 Å². The fourth-order valence-corrected chi connectivity index (χ4v) is 3.19. The van der Waals surface area contributed by atoms with Gasteiger partial charge in [-0.25, -0.2) is 4.98 Å². The molecule has 0 aliphatic heterocycles. The molecule has 0 amide bonds. The molecule has 1 aromatic rings. The first kappa shape index (κ1) is 11.1. The van der Waals surface area contributed by atoms with Crippen LogP contribution in [0.25, 0.3) is 0 Å². The van der Waals surface area contributed by atoms with Gasteiger partial charge in [0, 0.05) is 11.4 Å². The lowest BCUT2D eigenvalue weighted by atomic mass is 10.0. The summed E-state index contributed by atoms with van der Waals surface area (Å²) in [6.45, 7) is 4.13. The maximum absolute atomic E-state index is 4.75. The molecule has 2 nitrogen and oxygen atoms in total. The average Bonchev–Trinajstić information content (AvgIpc) is 2.57. The Labute approximate surface area is 96.1 Å². The molecule has 2 rings (SSSR count). The number of rotatable bonds is 3. The Hall–Kier alpha value is -0.410. The van der Waals surface area contributed by atoms with Gasteiger partial charge in [0.25, 0.3) is 0 Å². The van der Waals surface area contributed by atoms with Crippen LogP contribution >= 0.6 is 11.3 Å². The molecule has 1 aliphatic rings. The molecule has 0 saturated heterocycles. The van der Waals surface area contributed by atoms with E-state index in [-0.39, 0.29) is 0 Å². The van der Waals surface area contributed by atoms with Crippen LogP contribution in [0.1, 0.15) is 48.2 Å². The summed E-state index contributed by atoms with van der Waals surface area (Å²) in [5.74, 6) is 0. The summed E-state index contributed by atoms with van der Waals surface area (Å²) in [6.07, 6.45) is 7.95. The minimum atomic E-state index is 0.953. The monoisotopic (exact) mass is 224 g/mol. The molecule has 0 aromatic carbocycles. The fourth-order valence-electron chi connectivity index (χ4n) is 2.07. The number of aryl methyl sites for hydroxylation is 2. The van der Waals surface area contributed by atoms with Crippen molar-refractivity contribution in [3.05, 3.63) is 15.6 Å². The van der Waals surface area contributed by atoms with E-state index in [2.05, 4.69) is 12.2 Å². The Bertz CT molecular complexity index is 281. The second-order valence-corrected chi connectivity index (χ2v) is 5.34. The second kappa shape index (κ2) is 5.61. The van der Waals surface area contributed by atoms with Crippen molar-refractivity contribution < 1.29 is 0 Å². The number of thiazole rings is 1. The average molecular weight is 224 g/mol. The maximum Gasteiger partial charge on any atom is 0.107 e. The van der Waals surface area contributed by atoms with E-state index in [1.807, 2.05) is 11.3 Å². The normalized spacial score (nSPS) is 16.9. The van der Waals surface area contributed by atoms with Crippen molar-refractivity contribution in [3.63, 3.8) is 0 Å². The Balaban J connectivity index is 2.06. The standard InChI is InChI=1S/C12H20N2S/c1-2-13-9-12-14-10-7-5-3-4-6-8-11(10)15-12/h13H,2-9H2,1H3. The van der Waals surface area contributed by atoms with Gasteiger partial charge in [0.15, 0.2) is 0 Å². The maximum atomic E-state index is 4.75. The molecule has 0 spiro atoms. The summed E-state index contributed by atoms with van der Waals surface area (Å²) in [6, 6.07) is 0. The highest BCUT2D eigenvalue weighted by atomic mass is 32.1. The van der Waals surface area contributed by atoms with Crippen LogP contribution in [0.3, 0.4) is 0 Å².